The first-order chi connectivity index (χ1) is 18.6. The molecule has 38 heavy (non-hydrogen) atoms. The van der Waals surface area contributed by atoms with Crippen molar-refractivity contribution in [3.63, 3.8) is 0 Å². The molecule has 2 aliphatic heterocycles. The van der Waals surface area contributed by atoms with Crippen molar-refractivity contribution in [2.45, 2.75) is 90.0 Å². The second kappa shape index (κ2) is 11.3. The summed E-state index contributed by atoms with van der Waals surface area (Å²) in [6, 6.07) is 5.87. The van der Waals surface area contributed by atoms with E-state index in [2.05, 4.69) is 39.5 Å². The molecule has 2 aromatic rings. The molecule has 0 spiro atoms. The Kier molecular flexibility index (Phi) is 7.65. The number of fused-ring (bicyclic) bond motifs is 4. The second-order valence-electron chi connectivity index (χ2n) is 12.3. The summed E-state index contributed by atoms with van der Waals surface area (Å²) in [6.07, 6.45) is 19.0. The Balaban J connectivity index is 1.36. The van der Waals surface area contributed by atoms with Crippen LogP contribution in [-0.2, 0) is 6.54 Å². The molecule has 1 aromatic heterocycles. The summed E-state index contributed by atoms with van der Waals surface area (Å²) in [5.74, 6) is 0.282. The molecule has 1 saturated heterocycles. The Labute approximate surface area is 228 Å². The number of carboxylic acid groups (broad SMARTS) is 1. The van der Waals surface area contributed by atoms with Gasteiger partial charge in [0.2, 0.25) is 0 Å². The molecule has 1 saturated carbocycles. The van der Waals surface area contributed by atoms with Crippen LogP contribution in [0.15, 0.2) is 36.0 Å². The van der Waals surface area contributed by atoms with E-state index < -0.39 is 5.97 Å². The number of hydrogen-bond donors (Lipinski definition) is 1. The molecule has 0 radical (unpaired) electrons. The molecule has 2 aliphatic carbocycles. The van der Waals surface area contributed by atoms with E-state index in [0.29, 0.717) is 17.4 Å². The molecule has 2 fully saturated rings. The van der Waals surface area contributed by atoms with E-state index in [9.17, 15) is 9.90 Å². The molecular weight excluding hydrogens is 470 g/mol. The summed E-state index contributed by atoms with van der Waals surface area (Å²) in [4.78, 5) is 17.3. The molecule has 4 aliphatic rings. The van der Waals surface area contributed by atoms with Crippen molar-refractivity contribution in [2.24, 2.45) is 5.92 Å². The molecule has 5 heteroatoms. The molecule has 0 amide bonds. The highest BCUT2D eigenvalue weighted by Gasteiger charge is 2.32. The minimum atomic E-state index is -0.836. The van der Waals surface area contributed by atoms with Crippen LogP contribution in [0.2, 0.25) is 0 Å². The van der Waals surface area contributed by atoms with Gasteiger partial charge in [0.1, 0.15) is 0 Å². The molecule has 5 nitrogen and oxygen atoms in total. The predicted octanol–water partition coefficient (Wildman–Crippen LogP) is 7.28. The third kappa shape index (κ3) is 5.06. The number of hydrogen-bond acceptors (Lipinski definition) is 3. The van der Waals surface area contributed by atoms with E-state index in [-0.39, 0.29) is 0 Å². The van der Waals surface area contributed by atoms with E-state index in [1.807, 2.05) is 12.1 Å². The molecule has 204 valence electrons. The lowest BCUT2D eigenvalue weighted by molar-refractivity contribution is 0.0697. The van der Waals surface area contributed by atoms with Gasteiger partial charge < -0.3 is 19.5 Å². The first-order valence-corrected chi connectivity index (χ1v) is 15.4. The summed E-state index contributed by atoms with van der Waals surface area (Å²) >= 11 is 0. The summed E-state index contributed by atoms with van der Waals surface area (Å²) < 4.78 is 2.50. The van der Waals surface area contributed by atoms with Crippen molar-refractivity contribution in [3.05, 3.63) is 52.9 Å². The van der Waals surface area contributed by atoms with E-state index in [1.165, 1.54) is 112 Å². The van der Waals surface area contributed by atoms with Crippen LogP contribution in [0.5, 0.6) is 0 Å². The number of benzene rings is 1. The molecule has 1 unspecified atom stereocenters. The Morgan fingerprint density at radius 2 is 1.71 bits per heavy atom. The highest BCUT2D eigenvalue weighted by molar-refractivity contribution is 5.98. The van der Waals surface area contributed by atoms with Crippen LogP contribution < -0.4 is 0 Å². The fraction of sp³-hybridized carbons (Fsp3) is 0.606. The third-order valence-corrected chi connectivity index (χ3v) is 9.61. The second-order valence-corrected chi connectivity index (χ2v) is 12.3. The van der Waals surface area contributed by atoms with Crippen LogP contribution in [0.25, 0.3) is 16.5 Å². The van der Waals surface area contributed by atoms with Gasteiger partial charge in [-0.25, -0.2) is 4.79 Å². The van der Waals surface area contributed by atoms with Crippen LogP contribution in [0.1, 0.15) is 105 Å². The van der Waals surface area contributed by atoms with Gasteiger partial charge in [-0.2, -0.15) is 0 Å². The number of piperidine rings is 1. The molecule has 3 heterocycles. The van der Waals surface area contributed by atoms with Gasteiger partial charge in [0.25, 0.3) is 0 Å². The maximum Gasteiger partial charge on any atom is 0.335 e. The lowest BCUT2D eigenvalue weighted by Gasteiger charge is -2.32. The number of carboxylic acids is 1. The first-order valence-electron chi connectivity index (χ1n) is 15.4. The summed E-state index contributed by atoms with van der Waals surface area (Å²) in [6.45, 7) is 9.19. The lowest BCUT2D eigenvalue weighted by Crippen LogP contribution is -2.32. The van der Waals surface area contributed by atoms with Gasteiger partial charge in [0.15, 0.2) is 0 Å². The van der Waals surface area contributed by atoms with Crippen molar-refractivity contribution in [3.8, 4) is 0 Å². The molecule has 1 atom stereocenters. The van der Waals surface area contributed by atoms with Gasteiger partial charge in [0, 0.05) is 41.8 Å². The Bertz CT molecular complexity index is 1230. The number of unbranched alkanes of at least 4 members (excludes halogenated alkanes) is 1. The lowest BCUT2D eigenvalue weighted by atomic mass is 9.80. The Morgan fingerprint density at radius 1 is 0.947 bits per heavy atom. The van der Waals surface area contributed by atoms with Crippen LogP contribution >= 0.6 is 0 Å². The summed E-state index contributed by atoms with van der Waals surface area (Å²) in [5.41, 5.74) is 7.33. The van der Waals surface area contributed by atoms with Crippen molar-refractivity contribution < 1.29 is 9.90 Å². The van der Waals surface area contributed by atoms with Crippen LogP contribution in [0, 0.1) is 5.92 Å². The number of carbonyl (C=O) groups is 1. The van der Waals surface area contributed by atoms with Crippen molar-refractivity contribution in [1.29, 1.82) is 0 Å². The normalized spacial score (nSPS) is 23.0. The zero-order valence-corrected chi connectivity index (χ0v) is 23.3. The Morgan fingerprint density at radius 3 is 2.50 bits per heavy atom. The van der Waals surface area contributed by atoms with Gasteiger partial charge in [-0.1, -0.05) is 50.8 Å². The summed E-state index contributed by atoms with van der Waals surface area (Å²) in [7, 11) is 0. The number of rotatable bonds is 7. The SMILES string of the molecule is CC1C=CC2=C(C1)N(CCCCN1CCCCC1)CCn1c2c(C2CCCCC2)c2ccc(C(=O)O)cc21. The number of aromatic nitrogens is 1. The van der Waals surface area contributed by atoms with E-state index in [1.54, 1.807) is 0 Å². The molecule has 1 aromatic carbocycles. The highest BCUT2D eigenvalue weighted by Crippen LogP contribution is 2.46. The van der Waals surface area contributed by atoms with E-state index in [0.717, 1.165) is 31.6 Å². The first kappa shape index (κ1) is 25.7. The zero-order valence-electron chi connectivity index (χ0n) is 23.3. The number of nitrogens with zero attached hydrogens (tertiary/aromatic N) is 3. The smallest absolute Gasteiger partial charge is 0.335 e. The van der Waals surface area contributed by atoms with Crippen LogP contribution in [-0.4, -0.2) is 58.2 Å². The van der Waals surface area contributed by atoms with E-state index in [4.69, 9.17) is 0 Å². The van der Waals surface area contributed by atoms with Gasteiger partial charge >= 0.3 is 5.97 Å². The number of allylic oxidation sites excluding steroid dienone is 4. The average molecular weight is 516 g/mol. The zero-order chi connectivity index (χ0) is 26.1. The highest BCUT2D eigenvalue weighted by atomic mass is 16.4. The monoisotopic (exact) mass is 515 g/mol. The quantitative estimate of drug-likeness (QED) is 0.394. The molecule has 6 rings (SSSR count). The predicted molar refractivity (Wildman–Crippen MR) is 156 cm³/mol. The maximum absolute atomic E-state index is 11.9. The van der Waals surface area contributed by atoms with Gasteiger partial charge in [0.05, 0.1) is 11.3 Å². The molecular formula is C33H45N3O2. The summed E-state index contributed by atoms with van der Waals surface area (Å²) in [5, 5.41) is 11.1. The van der Waals surface area contributed by atoms with Crippen LogP contribution in [0.4, 0.5) is 0 Å². The van der Waals surface area contributed by atoms with Crippen molar-refractivity contribution in [1.82, 2.24) is 14.4 Å². The van der Waals surface area contributed by atoms with E-state index >= 15 is 0 Å². The van der Waals surface area contributed by atoms with Gasteiger partial charge in [-0.05, 0) is 94.1 Å². The maximum atomic E-state index is 11.9. The fourth-order valence-electron chi connectivity index (χ4n) is 7.61. The fourth-order valence-corrected chi connectivity index (χ4v) is 7.61. The van der Waals surface area contributed by atoms with Crippen molar-refractivity contribution >= 4 is 22.4 Å². The van der Waals surface area contributed by atoms with Crippen molar-refractivity contribution in [2.75, 3.05) is 32.7 Å². The standard InChI is InChI=1S/C33H45N3O2/c1-24-12-14-28-29(22-24)35(19-9-8-18-34-16-6-3-7-17-34)20-21-36-30-23-26(33(37)38)13-15-27(30)31(32(28)36)25-10-4-2-5-11-25/h12-15,23-25H,2-11,16-22H2,1H3,(H,37,38). The molecule has 0 bridgehead atoms. The average Bonchev–Trinajstić information content (AvgIpc) is 3.18. The largest absolute Gasteiger partial charge is 0.478 e. The third-order valence-electron chi connectivity index (χ3n) is 9.61. The minimum absolute atomic E-state index is 0.397. The topological polar surface area (TPSA) is 48.7 Å². The Hall–Kier alpha value is -2.53. The number of aromatic carboxylic acids is 1. The minimum Gasteiger partial charge on any atom is -0.478 e. The van der Waals surface area contributed by atoms with Gasteiger partial charge in [-0.3, -0.25) is 0 Å². The molecule has 1 N–H and O–H groups in total. The van der Waals surface area contributed by atoms with Gasteiger partial charge in [-0.15, -0.1) is 0 Å². The number of likely N-dealkylation sites (tertiary alicyclic amines) is 1. The van der Waals surface area contributed by atoms with Crippen LogP contribution in [0.3, 0.4) is 0 Å².